The van der Waals surface area contributed by atoms with Gasteiger partial charge < -0.3 is 9.64 Å². The summed E-state index contributed by atoms with van der Waals surface area (Å²) in [5.74, 6) is -0.826. The number of benzene rings is 1. The summed E-state index contributed by atoms with van der Waals surface area (Å²) in [6.45, 7) is 3.44. The molecule has 0 unspecified atom stereocenters. The van der Waals surface area contributed by atoms with Gasteiger partial charge in [-0.1, -0.05) is 19.1 Å². The summed E-state index contributed by atoms with van der Waals surface area (Å²) in [5.41, 5.74) is 0.423. The van der Waals surface area contributed by atoms with E-state index < -0.39 is 15.8 Å². The number of ether oxygens (including phenoxy) is 1. The third kappa shape index (κ3) is 5.01. The molecular weight excluding hydrogens is 374 g/mol. The van der Waals surface area contributed by atoms with E-state index in [1.54, 1.807) is 17.0 Å². The number of carbonyl (C=O) groups excluding carboxylic acids is 2. The Bertz CT molecular complexity index is 763. The van der Waals surface area contributed by atoms with Crippen molar-refractivity contribution in [3.63, 3.8) is 0 Å². The second-order valence-electron chi connectivity index (χ2n) is 6.39. The van der Waals surface area contributed by atoms with E-state index in [2.05, 4.69) is 0 Å². The molecule has 144 valence electrons. The number of rotatable bonds is 7. The van der Waals surface area contributed by atoms with Crippen LogP contribution in [0, 0.1) is 0 Å². The van der Waals surface area contributed by atoms with Crippen LogP contribution in [-0.2, 0) is 19.4 Å². The van der Waals surface area contributed by atoms with Gasteiger partial charge in [-0.05, 0) is 38.2 Å². The van der Waals surface area contributed by atoms with E-state index in [0.29, 0.717) is 18.4 Å². The molecule has 0 aromatic heterocycles. The van der Waals surface area contributed by atoms with Crippen LogP contribution in [0.5, 0.6) is 0 Å². The lowest BCUT2D eigenvalue weighted by atomic mass is 10.1. The van der Waals surface area contributed by atoms with Gasteiger partial charge in [0.2, 0.25) is 0 Å². The maximum atomic E-state index is 12.7. The highest BCUT2D eigenvalue weighted by molar-refractivity contribution is 7.98. The molecule has 0 N–H and O–H groups in total. The average molecular weight is 400 g/mol. The number of amides is 1. The minimum absolute atomic E-state index is 0.0215. The Morgan fingerprint density at radius 3 is 2.62 bits per heavy atom. The Morgan fingerprint density at radius 1 is 1.35 bits per heavy atom. The predicted molar refractivity (Wildman–Crippen MR) is 102 cm³/mol. The fraction of sp³-hybridized carbons (Fsp3) is 0.556. The molecule has 1 heterocycles. The molecule has 1 fully saturated rings. The minimum Gasteiger partial charge on any atom is -0.452 e. The Kier molecular flexibility index (Phi) is 7.11. The lowest BCUT2D eigenvalue weighted by Crippen LogP contribution is -2.48. The molecule has 1 aromatic rings. The van der Waals surface area contributed by atoms with Crippen LogP contribution in [0.3, 0.4) is 0 Å². The Hall–Kier alpha value is -1.54. The molecule has 6 nitrogen and oxygen atoms in total. The van der Waals surface area contributed by atoms with Crippen LogP contribution in [0.25, 0.3) is 0 Å². The Morgan fingerprint density at radius 2 is 2.04 bits per heavy atom. The van der Waals surface area contributed by atoms with Crippen LogP contribution in [0.4, 0.5) is 0 Å². The lowest BCUT2D eigenvalue weighted by molar-refractivity contribution is -0.138. The maximum absolute atomic E-state index is 12.7. The molecule has 0 bridgehead atoms. The molecule has 0 radical (unpaired) electrons. The zero-order valence-corrected chi connectivity index (χ0v) is 16.9. The standard InChI is InChI=1S/C18H25NO5S2/c1-4-13(2)19(14-9-10-26(22,23)12-14)17(20)11-24-18(21)15-7-5-6-8-16(15)25-3/h5-8,13-14H,4,9-12H2,1-3H3/t13-,14-/m0/s1. The molecule has 1 amide bonds. The van der Waals surface area contributed by atoms with Crippen LogP contribution in [0.1, 0.15) is 37.0 Å². The van der Waals surface area contributed by atoms with Crippen LogP contribution in [0.15, 0.2) is 29.2 Å². The number of esters is 1. The van der Waals surface area contributed by atoms with Crippen molar-refractivity contribution >= 4 is 33.5 Å². The third-order valence-corrected chi connectivity index (χ3v) is 7.16. The number of hydrogen-bond acceptors (Lipinski definition) is 6. The highest BCUT2D eigenvalue weighted by atomic mass is 32.2. The number of nitrogens with zero attached hydrogens (tertiary/aromatic N) is 1. The van der Waals surface area contributed by atoms with Gasteiger partial charge >= 0.3 is 5.97 Å². The van der Waals surface area contributed by atoms with Gasteiger partial charge in [0.1, 0.15) is 0 Å². The molecule has 26 heavy (non-hydrogen) atoms. The van der Waals surface area contributed by atoms with Gasteiger partial charge in [-0.15, -0.1) is 11.8 Å². The van der Waals surface area contributed by atoms with Gasteiger partial charge in [0, 0.05) is 17.0 Å². The van der Waals surface area contributed by atoms with Crippen molar-refractivity contribution in [2.75, 3.05) is 24.4 Å². The summed E-state index contributed by atoms with van der Waals surface area (Å²) in [5, 5.41) is 0. The molecule has 1 aliphatic rings. The molecule has 2 atom stereocenters. The summed E-state index contributed by atoms with van der Waals surface area (Å²) < 4.78 is 28.8. The van der Waals surface area contributed by atoms with Gasteiger partial charge in [-0.3, -0.25) is 4.79 Å². The molecule has 1 aromatic carbocycles. The third-order valence-electron chi connectivity index (χ3n) is 4.61. The summed E-state index contributed by atoms with van der Waals surface area (Å²) in [6.07, 6.45) is 3.00. The predicted octanol–water partition coefficient (Wildman–Crippen LogP) is 2.38. The van der Waals surface area contributed by atoms with Crippen LogP contribution in [-0.4, -0.2) is 61.6 Å². The highest BCUT2D eigenvalue weighted by Crippen LogP contribution is 2.23. The Labute approximate surface area is 159 Å². The number of sulfone groups is 1. The zero-order chi connectivity index (χ0) is 19.3. The first-order valence-corrected chi connectivity index (χ1v) is 11.7. The number of hydrogen-bond donors (Lipinski definition) is 0. The van der Waals surface area contributed by atoms with Crippen molar-refractivity contribution in [3.05, 3.63) is 29.8 Å². The molecule has 2 rings (SSSR count). The molecular formula is C18H25NO5S2. The van der Waals surface area contributed by atoms with E-state index in [1.165, 1.54) is 11.8 Å². The van der Waals surface area contributed by atoms with E-state index in [4.69, 9.17) is 4.74 Å². The molecule has 1 saturated heterocycles. The van der Waals surface area contributed by atoms with Crippen molar-refractivity contribution < 1.29 is 22.7 Å². The molecule has 0 aliphatic carbocycles. The smallest absolute Gasteiger partial charge is 0.339 e. The number of thioether (sulfide) groups is 1. The summed E-state index contributed by atoms with van der Waals surface area (Å²) >= 11 is 1.43. The highest BCUT2D eigenvalue weighted by Gasteiger charge is 2.36. The van der Waals surface area contributed by atoms with Crippen molar-refractivity contribution in [2.45, 2.75) is 43.7 Å². The minimum atomic E-state index is -3.10. The summed E-state index contributed by atoms with van der Waals surface area (Å²) in [7, 11) is -3.10. The van der Waals surface area contributed by atoms with Gasteiger partial charge in [0.05, 0.1) is 17.1 Å². The van der Waals surface area contributed by atoms with Crippen LogP contribution in [0.2, 0.25) is 0 Å². The van der Waals surface area contributed by atoms with Crippen LogP contribution >= 0.6 is 11.8 Å². The first kappa shape index (κ1) is 20.8. The van der Waals surface area contributed by atoms with Gasteiger partial charge in [0.15, 0.2) is 16.4 Å². The van der Waals surface area contributed by atoms with Crippen molar-refractivity contribution in [1.82, 2.24) is 4.90 Å². The monoisotopic (exact) mass is 399 g/mol. The van der Waals surface area contributed by atoms with E-state index >= 15 is 0 Å². The van der Waals surface area contributed by atoms with E-state index in [9.17, 15) is 18.0 Å². The van der Waals surface area contributed by atoms with Crippen molar-refractivity contribution in [1.29, 1.82) is 0 Å². The molecule has 0 saturated carbocycles. The number of carbonyl (C=O) groups is 2. The maximum Gasteiger partial charge on any atom is 0.339 e. The molecule has 1 aliphatic heterocycles. The summed E-state index contributed by atoms with van der Waals surface area (Å²) in [4.78, 5) is 27.4. The van der Waals surface area contributed by atoms with Gasteiger partial charge in [-0.2, -0.15) is 0 Å². The quantitative estimate of drug-likeness (QED) is 0.517. The lowest BCUT2D eigenvalue weighted by Gasteiger charge is -2.33. The van der Waals surface area contributed by atoms with E-state index in [1.807, 2.05) is 32.2 Å². The summed E-state index contributed by atoms with van der Waals surface area (Å²) in [6, 6.07) is 6.59. The zero-order valence-electron chi connectivity index (χ0n) is 15.3. The fourth-order valence-corrected chi connectivity index (χ4v) is 5.39. The van der Waals surface area contributed by atoms with Gasteiger partial charge in [-0.25, -0.2) is 13.2 Å². The van der Waals surface area contributed by atoms with E-state index in [0.717, 1.165) is 4.90 Å². The topological polar surface area (TPSA) is 80.8 Å². The van der Waals surface area contributed by atoms with Crippen molar-refractivity contribution in [2.24, 2.45) is 0 Å². The van der Waals surface area contributed by atoms with Gasteiger partial charge in [0.25, 0.3) is 5.91 Å². The normalized spacial score (nSPS) is 19.7. The first-order chi connectivity index (χ1) is 12.3. The average Bonchev–Trinajstić information content (AvgIpc) is 2.98. The first-order valence-electron chi connectivity index (χ1n) is 8.60. The fourth-order valence-electron chi connectivity index (χ4n) is 3.09. The van der Waals surface area contributed by atoms with Crippen LogP contribution < -0.4 is 0 Å². The van der Waals surface area contributed by atoms with Crippen molar-refractivity contribution in [3.8, 4) is 0 Å². The largest absolute Gasteiger partial charge is 0.452 e. The SMILES string of the molecule is CC[C@H](C)N(C(=O)COC(=O)c1ccccc1SC)[C@H]1CCS(=O)(=O)C1. The molecule has 0 spiro atoms. The second kappa shape index (κ2) is 8.90. The Balaban J connectivity index is 2.06. The van der Waals surface area contributed by atoms with E-state index in [-0.39, 0.29) is 36.1 Å². The second-order valence-corrected chi connectivity index (χ2v) is 9.47. The molecule has 8 heteroatoms.